The van der Waals surface area contributed by atoms with Crippen LogP contribution in [0.25, 0.3) is 6.08 Å². The Morgan fingerprint density at radius 3 is 2.50 bits per heavy atom. The van der Waals surface area contributed by atoms with Crippen LogP contribution in [-0.2, 0) is 4.79 Å². The first-order valence-corrected chi connectivity index (χ1v) is 7.04. The summed E-state index contributed by atoms with van der Waals surface area (Å²) in [6, 6.07) is 7.50. The van der Waals surface area contributed by atoms with Crippen molar-refractivity contribution < 1.29 is 18.4 Å². The maximum atomic E-state index is 12.8. The van der Waals surface area contributed by atoms with Gasteiger partial charge in [-0.2, -0.15) is 0 Å². The Morgan fingerprint density at radius 1 is 1.12 bits per heavy atom. The van der Waals surface area contributed by atoms with E-state index in [1.165, 1.54) is 36.7 Å². The molecule has 0 aliphatic heterocycles. The Bertz CT molecular complexity index is 762. The molecule has 2 rings (SSSR count). The number of benzene rings is 1. The molecular weight excluding hydrogens is 316 g/mol. The lowest BCUT2D eigenvalue weighted by molar-refractivity contribution is -0.117. The standard InChI is InChI=1S/C17H15F2N3O2/c1-11-2-3-12(10-14(11)16(18)19)4-5-15(23)21-22-17(24)13-6-8-20-9-7-13/h2-10,16H,1H3,(H,21,23)(H,22,24)/b5-4+. The number of aromatic nitrogens is 1. The van der Waals surface area contributed by atoms with Gasteiger partial charge < -0.3 is 0 Å². The van der Waals surface area contributed by atoms with Crippen LogP contribution in [0.3, 0.4) is 0 Å². The molecule has 0 aliphatic carbocycles. The van der Waals surface area contributed by atoms with Gasteiger partial charge in [0.2, 0.25) is 0 Å². The number of alkyl halides is 2. The summed E-state index contributed by atoms with van der Waals surface area (Å²) in [5.74, 6) is -1.08. The maximum Gasteiger partial charge on any atom is 0.269 e. The average Bonchev–Trinajstić information content (AvgIpc) is 2.59. The van der Waals surface area contributed by atoms with Crippen molar-refractivity contribution in [2.75, 3.05) is 0 Å². The zero-order valence-corrected chi connectivity index (χ0v) is 12.8. The predicted molar refractivity (Wildman–Crippen MR) is 85.0 cm³/mol. The van der Waals surface area contributed by atoms with E-state index in [2.05, 4.69) is 15.8 Å². The lowest BCUT2D eigenvalue weighted by Gasteiger charge is -2.06. The van der Waals surface area contributed by atoms with Crippen LogP contribution >= 0.6 is 0 Å². The number of carbonyl (C=O) groups excluding carboxylic acids is 2. The van der Waals surface area contributed by atoms with E-state index in [4.69, 9.17) is 0 Å². The van der Waals surface area contributed by atoms with Gasteiger partial charge in [-0.15, -0.1) is 0 Å². The quantitative estimate of drug-likeness (QED) is 0.668. The van der Waals surface area contributed by atoms with Gasteiger partial charge in [-0.1, -0.05) is 12.1 Å². The molecular formula is C17H15F2N3O2. The Hall–Kier alpha value is -3.09. The van der Waals surface area contributed by atoms with E-state index in [9.17, 15) is 18.4 Å². The highest BCUT2D eigenvalue weighted by atomic mass is 19.3. The van der Waals surface area contributed by atoms with Crippen LogP contribution in [0.2, 0.25) is 0 Å². The van der Waals surface area contributed by atoms with Crippen LogP contribution in [0.1, 0.15) is 33.5 Å². The van der Waals surface area contributed by atoms with Crippen molar-refractivity contribution in [2.24, 2.45) is 0 Å². The minimum absolute atomic E-state index is 0.0800. The highest BCUT2D eigenvalue weighted by Crippen LogP contribution is 2.23. The second-order valence-electron chi connectivity index (χ2n) is 4.93. The topological polar surface area (TPSA) is 71.1 Å². The van der Waals surface area contributed by atoms with Crippen molar-refractivity contribution in [3.05, 3.63) is 71.1 Å². The van der Waals surface area contributed by atoms with Crippen LogP contribution in [0.15, 0.2) is 48.8 Å². The molecule has 0 spiro atoms. The highest BCUT2D eigenvalue weighted by molar-refractivity contribution is 5.97. The number of rotatable bonds is 4. The molecule has 124 valence electrons. The highest BCUT2D eigenvalue weighted by Gasteiger charge is 2.10. The second kappa shape index (κ2) is 7.96. The summed E-state index contributed by atoms with van der Waals surface area (Å²) in [6.07, 6.45) is 2.86. The van der Waals surface area contributed by atoms with Crippen LogP contribution < -0.4 is 10.9 Å². The molecule has 5 nitrogen and oxygen atoms in total. The smallest absolute Gasteiger partial charge is 0.268 e. The number of hydrazine groups is 1. The minimum Gasteiger partial charge on any atom is -0.268 e. The van der Waals surface area contributed by atoms with Gasteiger partial charge in [0, 0.05) is 29.6 Å². The van der Waals surface area contributed by atoms with Crippen molar-refractivity contribution in [1.29, 1.82) is 0 Å². The number of pyridine rings is 1. The fraction of sp³-hybridized carbons (Fsp3) is 0.118. The molecule has 0 atom stereocenters. The largest absolute Gasteiger partial charge is 0.269 e. The van der Waals surface area contributed by atoms with Crippen molar-refractivity contribution in [2.45, 2.75) is 13.3 Å². The summed E-state index contributed by atoms with van der Waals surface area (Å²) in [7, 11) is 0. The molecule has 2 amide bonds. The van der Waals surface area contributed by atoms with Crippen molar-refractivity contribution in [1.82, 2.24) is 15.8 Å². The van der Waals surface area contributed by atoms with Gasteiger partial charge in [0.05, 0.1) is 0 Å². The number of hydrogen-bond acceptors (Lipinski definition) is 3. The molecule has 0 unspecified atom stereocenters. The summed E-state index contributed by atoms with van der Waals surface area (Å²) < 4.78 is 25.6. The molecule has 0 aliphatic rings. The Morgan fingerprint density at radius 2 is 1.83 bits per heavy atom. The van der Waals surface area contributed by atoms with Crippen molar-refractivity contribution in [3.8, 4) is 0 Å². The van der Waals surface area contributed by atoms with Gasteiger partial charge >= 0.3 is 0 Å². The zero-order chi connectivity index (χ0) is 17.5. The number of hydrogen-bond donors (Lipinski definition) is 2. The van der Waals surface area contributed by atoms with Crippen LogP contribution in [0, 0.1) is 6.92 Å². The Kier molecular flexibility index (Phi) is 5.73. The minimum atomic E-state index is -2.58. The first-order valence-electron chi connectivity index (χ1n) is 7.04. The van der Waals surface area contributed by atoms with E-state index in [1.807, 2.05) is 0 Å². The maximum absolute atomic E-state index is 12.8. The van der Waals surface area contributed by atoms with E-state index in [0.29, 0.717) is 16.7 Å². The monoisotopic (exact) mass is 331 g/mol. The average molecular weight is 331 g/mol. The van der Waals surface area contributed by atoms with Gasteiger partial charge in [-0.25, -0.2) is 8.78 Å². The van der Waals surface area contributed by atoms with E-state index in [1.54, 1.807) is 19.1 Å². The van der Waals surface area contributed by atoms with Crippen molar-refractivity contribution >= 4 is 17.9 Å². The van der Waals surface area contributed by atoms with E-state index in [0.717, 1.165) is 6.08 Å². The predicted octanol–water partition coefficient (Wildman–Crippen LogP) is 2.80. The fourth-order valence-corrected chi connectivity index (χ4v) is 1.91. The summed E-state index contributed by atoms with van der Waals surface area (Å²) in [4.78, 5) is 27.2. The lowest BCUT2D eigenvalue weighted by atomic mass is 10.1. The Labute approximate surface area is 137 Å². The molecule has 0 radical (unpaired) electrons. The summed E-state index contributed by atoms with van der Waals surface area (Å²) in [5.41, 5.74) is 5.65. The third-order valence-corrected chi connectivity index (χ3v) is 3.21. The third kappa shape index (κ3) is 4.70. The molecule has 24 heavy (non-hydrogen) atoms. The molecule has 7 heteroatoms. The summed E-state index contributed by atoms with van der Waals surface area (Å²) >= 11 is 0. The normalized spacial score (nSPS) is 10.8. The zero-order valence-electron chi connectivity index (χ0n) is 12.8. The number of aryl methyl sites for hydroxylation is 1. The number of halogens is 2. The third-order valence-electron chi connectivity index (χ3n) is 3.21. The molecule has 0 bridgehead atoms. The summed E-state index contributed by atoms with van der Waals surface area (Å²) in [5, 5.41) is 0. The molecule has 0 fully saturated rings. The lowest BCUT2D eigenvalue weighted by Crippen LogP contribution is -2.40. The molecule has 1 heterocycles. The first-order chi connectivity index (χ1) is 11.5. The second-order valence-corrected chi connectivity index (χ2v) is 4.93. The molecule has 2 N–H and O–H groups in total. The fourth-order valence-electron chi connectivity index (χ4n) is 1.91. The Balaban J connectivity index is 1.94. The molecule has 1 aromatic heterocycles. The molecule has 0 saturated heterocycles. The SMILES string of the molecule is Cc1ccc(/C=C/C(=O)NNC(=O)c2ccncc2)cc1C(F)F. The van der Waals surface area contributed by atoms with E-state index in [-0.39, 0.29) is 5.56 Å². The van der Waals surface area contributed by atoms with Gasteiger partial charge in [-0.05, 0) is 42.3 Å². The number of nitrogens with zero attached hydrogens (tertiary/aromatic N) is 1. The van der Waals surface area contributed by atoms with E-state index >= 15 is 0 Å². The van der Waals surface area contributed by atoms with Crippen LogP contribution in [0.4, 0.5) is 8.78 Å². The first kappa shape index (κ1) is 17.3. The van der Waals surface area contributed by atoms with E-state index < -0.39 is 18.2 Å². The molecule has 1 aromatic carbocycles. The van der Waals surface area contributed by atoms with Gasteiger partial charge in [-0.3, -0.25) is 25.4 Å². The van der Waals surface area contributed by atoms with Gasteiger partial charge in [0.15, 0.2) is 0 Å². The van der Waals surface area contributed by atoms with Crippen LogP contribution in [-0.4, -0.2) is 16.8 Å². The summed E-state index contributed by atoms with van der Waals surface area (Å²) in [6.45, 7) is 1.59. The number of carbonyl (C=O) groups is 2. The number of nitrogens with one attached hydrogen (secondary N) is 2. The molecule has 0 saturated carbocycles. The van der Waals surface area contributed by atoms with Gasteiger partial charge in [0.1, 0.15) is 0 Å². The van der Waals surface area contributed by atoms with Crippen molar-refractivity contribution in [3.63, 3.8) is 0 Å². The van der Waals surface area contributed by atoms with Gasteiger partial charge in [0.25, 0.3) is 18.2 Å². The number of amides is 2. The van der Waals surface area contributed by atoms with Crippen LogP contribution in [0.5, 0.6) is 0 Å². The molecule has 2 aromatic rings.